The molecule has 0 aliphatic carbocycles. The topological polar surface area (TPSA) is 94.4 Å². The summed E-state index contributed by atoms with van der Waals surface area (Å²) in [6.07, 6.45) is 0.375. The van der Waals surface area contributed by atoms with E-state index in [2.05, 4.69) is 10.6 Å². The van der Waals surface area contributed by atoms with Crippen LogP contribution in [0.5, 0.6) is 5.75 Å². The summed E-state index contributed by atoms with van der Waals surface area (Å²) < 4.78 is 20.0. The van der Waals surface area contributed by atoms with Gasteiger partial charge in [0.15, 0.2) is 5.75 Å². The molecule has 174 valence electrons. The predicted octanol–water partition coefficient (Wildman–Crippen LogP) is 4.63. The number of halogens is 1. The maximum Gasteiger partial charge on any atom is 0.310 e. The average Bonchev–Trinajstić information content (AvgIpc) is 2.86. The van der Waals surface area contributed by atoms with E-state index >= 15 is 0 Å². The molecule has 7 heteroatoms. The van der Waals surface area contributed by atoms with E-state index in [9.17, 15) is 19.6 Å². The van der Waals surface area contributed by atoms with E-state index in [0.29, 0.717) is 30.9 Å². The Balaban J connectivity index is 1.51. The normalized spacial score (nSPS) is 16.3. The van der Waals surface area contributed by atoms with Crippen molar-refractivity contribution in [2.45, 2.75) is 31.4 Å². The van der Waals surface area contributed by atoms with Gasteiger partial charge in [0.05, 0.1) is 29.8 Å². The number of nitriles is 1. The number of carbonyl (C=O) groups is 1. The van der Waals surface area contributed by atoms with Gasteiger partial charge in [0.25, 0.3) is 0 Å². The number of nitrogens with one attached hydrogen (secondary N) is 2. The number of anilines is 1. The quantitative estimate of drug-likeness (QED) is 0.455. The van der Waals surface area contributed by atoms with Crippen LogP contribution >= 0.6 is 0 Å². The van der Waals surface area contributed by atoms with Crippen molar-refractivity contribution in [3.8, 4) is 11.8 Å². The van der Waals surface area contributed by atoms with Crippen LogP contribution in [0.15, 0.2) is 66.7 Å². The lowest BCUT2D eigenvalue weighted by atomic mass is 9.97. The van der Waals surface area contributed by atoms with E-state index in [1.807, 2.05) is 60.7 Å². The largest absolute Gasteiger partial charge is 0.483 e. The Bertz CT molecular complexity index is 1210. The summed E-state index contributed by atoms with van der Waals surface area (Å²) >= 11 is 0. The fourth-order valence-electron chi connectivity index (χ4n) is 4.18. The fourth-order valence-corrected chi connectivity index (χ4v) is 4.18. The molecular weight excluding hydrogens is 433 g/mol. The van der Waals surface area contributed by atoms with Crippen molar-refractivity contribution in [1.82, 2.24) is 5.32 Å². The van der Waals surface area contributed by atoms with Gasteiger partial charge in [-0.05, 0) is 42.6 Å². The van der Waals surface area contributed by atoms with E-state index < -0.39 is 17.7 Å². The van der Waals surface area contributed by atoms with Gasteiger partial charge < -0.3 is 20.5 Å². The molecule has 1 unspecified atom stereocenters. The highest BCUT2D eigenvalue weighted by atomic mass is 19.1. The number of hydrogen-bond acceptors (Lipinski definition) is 5. The molecule has 1 aliphatic rings. The maximum atomic E-state index is 13.8. The fraction of sp³-hybridized carbons (Fsp3) is 0.259. The second-order valence-electron chi connectivity index (χ2n) is 8.38. The Morgan fingerprint density at radius 1 is 1.21 bits per heavy atom. The molecule has 1 aliphatic heterocycles. The Kier molecular flexibility index (Phi) is 7.09. The summed E-state index contributed by atoms with van der Waals surface area (Å²) in [5.41, 5.74) is 3.48. The highest BCUT2D eigenvalue weighted by Gasteiger charge is 2.30. The summed E-state index contributed by atoms with van der Waals surface area (Å²) in [6.45, 7) is 2.75. The number of hydrogen-bond donors (Lipinski definition) is 3. The number of fused-ring (bicyclic) bond motifs is 1. The van der Waals surface area contributed by atoms with Gasteiger partial charge in [-0.15, -0.1) is 0 Å². The minimum atomic E-state index is -0.849. The molecule has 3 atom stereocenters. The first kappa shape index (κ1) is 23.3. The first-order valence-corrected chi connectivity index (χ1v) is 11.2. The highest BCUT2D eigenvalue weighted by Crippen LogP contribution is 2.36. The predicted molar refractivity (Wildman–Crippen MR) is 127 cm³/mol. The van der Waals surface area contributed by atoms with E-state index in [1.165, 1.54) is 12.1 Å². The molecular formula is C27H26FN3O3. The first-order chi connectivity index (χ1) is 16.5. The molecule has 0 spiro atoms. The van der Waals surface area contributed by atoms with Gasteiger partial charge in [0.1, 0.15) is 18.0 Å². The van der Waals surface area contributed by atoms with Crippen LogP contribution in [0, 0.1) is 17.1 Å². The van der Waals surface area contributed by atoms with Crippen molar-refractivity contribution in [1.29, 1.82) is 5.26 Å². The van der Waals surface area contributed by atoms with E-state index in [-0.39, 0.29) is 17.7 Å². The molecule has 4 rings (SSSR count). The van der Waals surface area contributed by atoms with Crippen LogP contribution in [0.4, 0.5) is 10.1 Å². The number of benzene rings is 3. The van der Waals surface area contributed by atoms with Crippen LogP contribution in [0.3, 0.4) is 0 Å². The number of ether oxygens (including phenoxy) is 1. The monoisotopic (exact) mass is 459 g/mol. The van der Waals surface area contributed by atoms with E-state index in [4.69, 9.17) is 4.74 Å². The molecule has 34 heavy (non-hydrogen) atoms. The maximum absolute atomic E-state index is 13.8. The Morgan fingerprint density at radius 2 is 1.97 bits per heavy atom. The number of carboxylic acid groups (broad SMARTS) is 1. The number of nitrogens with zero attached hydrogens (tertiary/aromatic N) is 1. The molecule has 3 N–H and O–H groups in total. The van der Waals surface area contributed by atoms with Crippen molar-refractivity contribution in [2.24, 2.45) is 0 Å². The molecule has 0 aromatic heterocycles. The summed E-state index contributed by atoms with van der Waals surface area (Å²) in [5.74, 6) is -1.54. The van der Waals surface area contributed by atoms with Gasteiger partial charge in [-0.1, -0.05) is 54.6 Å². The first-order valence-electron chi connectivity index (χ1n) is 11.2. The zero-order valence-electron chi connectivity index (χ0n) is 18.8. The molecule has 0 fully saturated rings. The van der Waals surface area contributed by atoms with Gasteiger partial charge in [-0.25, -0.2) is 4.39 Å². The Hall–Kier alpha value is -3.89. The highest BCUT2D eigenvalue weighted by molar-refractivity contribution is 5.75. The Labute approximate surface area is 198 Å². The summed E-state index contributed by atoms with van der Waals surface area (Å²) in [7, 11) is 0. The van der Waals surface area contributed by atoms with Crippen LogP contribution in [-0.2, 0) is 11.2 Å². The second-order valence-corrected chi connectivity index (χ2v) is 8.38. The van der Waals surface area contributed by atoms with Crippen molar-refractivity contribution in [3.05, 3.63) is 94.8 Å². The Morgan fingerprint density at radius 3 is 2.71 bits per heavy atom. The molecule has 0 saturated carbocycles. The molecule has 0 amide bonds. The number of aliphatic carboxylic acids is 1. The number of rotatable bonds is 8. The molecule has 3 aromatic carbocycles. The third-order valence-electron chi connectivity index (χ3n) is 6.07. The molecule has 0 saturated heterocycles. The average molecular weight is 460 g/mol. The third kappa shape index (κ3) is 5.19. The zero-order valence-corrected chi connectivity index (χ0v) is 18.8. The van der Waals surface area contributed by atoms with Crippen molar-refractivity contribution < 1.29 is 19.0 Å². The van der Waals surface area contributed by atoms with Crippen molar-refractivity contribution >= 4 is 11.7 Å². The lowest BCUT2D eigenvalue weighted by molar-refractivity contribution is -0.138. The summed E-state index contributed by atoms with van der Waals surface area (Å²) in [6, 6.07) is 21.9. The van der Waals surface area contributed by atoms with Gasteiger partial charge in [0, 0.05) is 6.07 Å². The smallest absolute Gasteiger partial charge is 0.310 e. The summed E-state index contributed by atoms with van der Waals surface area (Å²) in [5, 5.41) is 25.5. The van der Waals surface area contributed by atoms with Gasteiger partial charge in [0.2, 0.25) is 0 Å². The third-order valence-corrected chi connectivity index (χ3v) is 6.07. The van der Waals surface area contributed by atoms with Gasteiger partial charge in [-0.3, -0.25) is 4.79 Å². The lowest BCUT2D eigenvalue weighted by Gasteiger charge is -2.34. The molecule has 3 aromatic rings. The van der Waals surface area contributed by atoms with Crippen LogP contribution in [0.2, 0.25) is 0 Å². The zero-order chi connectivity index (χ0) is 24.1. The van der Waals surface area contributed by atoms with Crippen LogP contribution in [-0.4, -0.2) is 30.3 Å². The van der Waals surface area contributed by atoms with Crippen LogP contribution in [0.1, 0.15) is 41.1 Å². The van der Waals surface area contributed by atoms with Crippen LogP contribution in [0.25, 0.3) is 0 Å². The number of carboxylic acids is 1. The van der Waals surface area contributed by atoms with Crippen LogP contribution < -0.4 is 15.4 Å². The SMILES string of the molecule is CC(C(=O)O)c1cccc(CCN[C@H](c2ccccc2)[C@H]2CNc3cc(F)cc(C#N)c3O2)c1. The van der Waals surface area contributed by atoms with E-state index in [1.54, 1.807) is 6.92 Å². The van der Waals surface area contributed by atoms with E-state index in [0.717, 1.165) is 16.7 Å². The van der Waals surface area contributed by atoms with Gasteiger partial charge in [-0.2, -0.15) is 5.26 Å². The second kappa shape index (κ2) is 10.4. The minimum Gasteiger partial charge on any atom is -0.483 e. The molecule has 6 nitrogen and oxygen atoms in total. The molecule has 1 heterocycles. The van der Waals surface area contributed by atoms with Crippen molar-refractivity contribution in [3.63, 3.8) is 0 Å². The van der Waals surface area contributed by atoms with Crippen molar-refractivity contribution in [2.75, 3.05) is 18.4 Å². The standard InChI is InChI=1S/C27H26FN3O3/c1-17(27(32)33)20-9-5-6-18(12-20)10-11-30-25(19-7-3-2-4-8-19)24-16-31-23-14-22(28)13-21(15-29)26(23)34-24/h2-9,12-14,17,24-25,30-31H,10-11,16H2,1H3,(H,32,33)/t17?,24-,25-/m1/s1. The van der Waals surface area contributed by atoms with Gasteiger partial charge >= 0.3 is 5.97 Å². The minimum absolute atomic E-state index is 0.156. The lowest BCUT2D eigenvalue weighted by Crippen LogP contribution is -2.43. The molecule has 0 bridgehead atoms. The molecule has 0 radical (unpaired) electrons. The summed E-state index contributed by atoms with van der Waals surface area (Å²) in [4.78, 5) is 11.3.